The molecular formula is C20H26O3. The normalized spacial score (nSPS) is 12.3. The maximum atomic E-state index is 12.0. The summed E-state index contributed by atoms with van der Waals surface area (Å²) < 4.78 is 11.9. The predicted molar refractivity (Wildman–Crippen MR) is 94.7 cm³/mol. The highest BCUT2D eigenvalue weighted by atomic mass is 16.5. The maximum Gasteiger partial charge on any atom is 0.163 e. The number of ketones is 1. The topological polar surface area (TPSA) is 35.5 Å². The van der Waals surface area contributed by atoms with E-state index in [1.54, 1.807) is 6.92 Å². The Kier molecular flexibility index (Phi) is 4.43. The Morgan fingerprint density at radius 2 is 1.43 bits per heavy atom. The molecule has 0 unspecified atom stereocenters. The van der Waals surface area contributed by atoms with Gasteiger partial charge in [0.15, 0.2) is 5.78 Å². The summed E-state index contributed by atoms with van der Waals surface area (Å²) in [5.41, 5.74) is -0.0140. The number of hydrogen-bond acceptors (Lipinski definition) is 3. The number of carbonyl (C=O) groups is 1. The summed E-state index contributed by atoms with van der Waals surface area (Å²) in [6.07, 6.45) is 0. The molecule has 2 aromatic rings. The molecule has 0 amide bonds. The van der Waals surface area contributed by atoms with E-state index in [4.69, 9.17) is 9.47 Å². The molecular weight excluding hydrogens is 288 g/mol. The van der Waals surface area contributed by atoms with Gasteiger partial charge in [0.1, 0.15) is 22.7 Å². The molecule has 0 N–H and O–H groups in total. The van der Waals surface area contributed by atoms with E-state index in [1.165, 1.54) is 0 Å². The van der Waals surface area contributed by atoms with E-state index in [1.807, 2.05) is 71.9 Å². The number of fused-ring (bicyclic) bond motifs is 1. The molecule has 0 spiro atoms. The van der Waals surface area contributed by atoms with Crippen molar-refractivity contribution in [3.63, 3.8) is 0 Å². The molecule has 2 rings (SSSR count). The zero-order valence-corrected chi connectivity index (χ0v) is 15.1. The van der Waals surface area contributed by atoms with Gasteiger partial charge in [0.2, 0.25) is 0 Å². The first-order chi connectivity index (χ1) is 10.4. The van der Waals surface area contributed by atoms with Crippen LogP contribution in [0.3, 0.4) is 0 Å². The van der Waals surface area contributed by atoms with E-state index in [-0.39, 0.29) is 17.0 Å². The summed E-state index contributed by atoms with van der Waals surface area (Å²) in [6, 6.07) is 9.72. The predicted octanol–water partition coefficient (Wildman–Crippen LogP) is 5.40. The van der Waals surface area contributed by atoms with Crippen LogP contribution in [-0.4, -0.2) is 17.0 Å². The molecule has 0 saturated carbocycles. The van der Waals surface area contributed by atoms with Crippen LogP contribution < -0.4 is 9.47 Å². The van der Waals surface area contributed by atoms with Crippen LogP contribution in [0.1, 0.15) is 58.8 Å². The summed E-state index contributed by atoms with van der Waals surface area (Å²) in [6.45, 7) is 13.5. The summed E-state index contributed by atoms with van der Waals surface area (Å²) in [4.78, 5) is 12.0. The highest BCUT2D eigenvalue weighted by Crippen LogP contribution is 2.32. The third-order valence-corrected chi connectivity index (χ3v) is 3.13. The van der Waals surface area contributed by atoms with E-state index in [9.17, 15) is 4.79 Å². The molecule has 124 valence electrons. The fourth-order valence-electron chi connectivity index (χ4n) is 2.36. The first kappa shape index (κ1) is 17.3. The molecule has 0 heterocycles. The zero-order valence-electron chi connectivity index (χ0n) is 15.1. The lowest BCUT2D eigenvalue weighted by atomic mass is 10.0. The van der Waals surface area contributed by atoms with Crippen molar-refractivity contribution in [2.75, 3.05) is 0 Å². The molecule has 0 fully saturated rings. The average molecular weight is 314 g/mol. The lowest BCUT2D eigenvalue weighted by molar-refractivity contribution is 0.0991. The van der Waals surface area contributed by atoms with Crippen molar-refractivity contribution >= 4 is 16.6 Å². The third kappa shape index (κ3) is 4.72. The molecule has 3 heteroatoms. The van der Waals surface area contributed by atoms with Gasteiger partial charge in [0.25, 0.3) is 0 Å². The number of Topliss-reactive ketones (excluding diaryl/α,β-unsaturated/α-hetero) is 1. The van der Waals surface area contributed by atoms with E-state index in [0.29, 0.717) is 11.3 Å². The number of rotatable bonds is 3. The SMILES string of the molecule is CC(=O)c1cc2cc(OC(C)(C)C)ccc2cc1OC(C)(C)C. The molecule has 0 aliphatic heterocycles. The van der Waals surface area contributed by atoms with Gasteiger partial charge < -0.3 is 9.47 Å². The third-order valence-electron chi connectivity index (χ3n) is 3.13. The molecule has 0 aliphatic rings. The summed E-state index contributed by atoms with van der Waals surface area (Å²) in [5.74, 6) is 1.42. The standard InChI is InChI=1S/C20H26O3/c1-13(21)17-11-15-10-16(22-19(2,3)4)9-8-14(15)12-18(17)23-20(5,6)7/h8-12H,1-7H3. The van der Waals surface area contributed by atoms with E-state index in [2.05, 4.69) is 0 Å². The quantitative estimate of drug-likeness (QED) is 0.712. The summed E-state index contributed by atoms with van der Waals surface area (Å²) in [7, 11) is 0. The van der Waals surface area contributed by atoms with E-state index >= 15 is 0 Å². The van der Waals surface area contributed by atoms with Crippen LogP contribution in [0.2, 0.25) is 0 Å². The van der Waals surface area contributed by atoms with Crippen LogP contribution in [0.25, 0.3) is 10.8 Å². The first-order valence-corrected chi connectivity index (χ1v) is 7.91. The molecule has 0 bridgehead atoms. The summed E-state index contributed by atoms with van der Waals surface area (Å²) >= 11 is 0. The Labute approximate surface area is 138 Å². The van der Waals surface area contributed by atoms with Crippen molar-refractivity contribution in [2.24, 2.45) is 0 Å². The molecule has 0 radical (unpaired) electrons. The maximum absolute atomic E-state index is 12.0. The molecule has 0 saturated heterocycles. The van der Waals surface area contributed by atoms with Gasteiger partial charge in [-0.2, -0.15) is 0 Å². The monoisotopic (exact) mass is 314 g/mol. The van der Waals surface area contributed by atoms with Crippen LogP contribution in [0, 0.1) is 0 Å². The smallest absolute Gasteiger partial charge is 0.163 e. The van der Waals surface area contributed by atoms with Crippen LogP contribution in [0.15, 0.2) is 30.3 Å². The number of hydrogen-bond donors (Lipinski definition) is 0. The number of benzene rings is 2. The largest absolute Gasteiger partial charge is 0.488 e. The highest BCUT2D eigenvalue weighted by molar-refractivity contribution is 6.01. The van der Waals surface area contributed by atoms with E-state index in [0.717, 1.165) is 16.5 Å². The van der Waals surface area contributed by atoms with Crippen molar-refractivity contribution in [3.8, 4) is 11.5 Å². The van der Waals surface area contributed by atoms with Gasteiger partial charge in [-0.1, -0.05) is 6.07 Å². The van der Waals surface area contributed by atoms with Gasteiger partial charge in [-0.05, 0) is 83.5 Å². The highest BCUT2D eigenvalue weighted by Gasteiger charge is 2.18. The Hall–Kier alpha value is -2.03. The first-order valence-electron chi connectivity index (χ1n) is 7.91. The Bertz CT molecular complexity index is 731. The Balaban J connectivity index is 2.53. The second kappa shape index (κ2) is 5.88. The molecule has 2 aromatic carbocycles. The van der Waals surface area contributed by atoms with Crippen molar-refractivity contribution in [1.29, 1.82) is 0 Å². The van der Waals surface area contributed by atoms with Gasteiger partial charge in [0, 0.05) is 0 Å². The van der Waals surface area contributed by atoms with Crippen molar-refractivity contribution in [3.05, 3.63) is 35.9 Å². The molecule has 0 atom stereocenters. The Morgan fingerprint density at radius 1 is 0.826 bits per heavy atom. The minimum atomic E-state index is -0.354. The van der Waals surface area contributed by atoms with Gasteiger partial charge in [0.05, 0.1) is 5.56 Å². The van der Waals surface area contributed by atoms with Crippen LogP contribution in [0.4, 0.5) is 0 Å². The Morgan fingerprint density at radius 3 is 1.96 bits per heavy atom. The molecule has 0 aromatic heterocycles. The van der Waals surface area contributed by atoms with E-state index < -0.39 is 0 Å². The molecule has 23 heavy (non-hydrogen) atoms. The van der Waals surface area contributed by atoms with Crippen molar-refractivity contribution in [2.45, 2.75) is 59.7 Å². The van der Waals surface area contributed by atoms with Gasteiger partial charge in [-0.15, -0.1) is 0 Å². The van der Waals surface area contributed by atoms with Crippen LogP contribution >= 0.6 is 0 Å². The molecule has 3 nitrogen and oxygen atoms in total. The lowest BCUT2D eigenvalue weighted by Gasteiger charge is -2.24. The second-order valence-corrected chi connectivity index (χ2v) is 7.84. The fraction of sp³-hybridized carbons (Fsp3) is 0.450. The van der Waals surface area contributed by atoms with Gasteiger partial charge in [-0.3, -0.25) is 4.79 Å². The zero-order chi connectivity index (χ0) is 17.4. The van der Waals surface area contributed by atoms with Crippen molar-refractivity contribution < 1.29 is 14.3 Å². The van der Waals surface area contributed by atoms with Crippen molar-refractivity contribution in [1.82, 2.24) is 0 Å². The number of carbonyl (C=O) groups excluding carboxylic acids is 1. The average Bonchev–Trinajstić information content (AvgIpc) is 2.34. The minimum Gasteiger partial charge on any atom is -0.488 e. The van der Waals surface area contributed by atoms with Gasteiger partial charge in [-0.25, -0.2) is 0 Å². The fourth-order valence-corrected chi connectivity index (χ4v) is 2.36. The minimum absolute atomic E-state index is 0.00621. The molecule has 0 aliphatic carbocycles. The summed E-state index contributed by atoms with van der Waals surface area (Å²) in [5, 5.41) is 1.99. The number of ether oxygens (including phenoxy) is 2. The second-order valence-electron chi connectivity index (χ2n) is 7.84. The van der Waals surface area contributed by atoms with Crippen LogP contribution in [-0.2, 0) is 0 Å². The lowest BCUT2D eigenvalue weighted by Crippen LogP contribution is -2.24. The van der Waals surface area contributed by atoms with Gasteiger partial charge >= 0.3 is 0 Å². The van der Waals surface area contributed by atoms with Crippen LogP contribution in [0.5, 0.6) is 11.5 Å².